The van der Waals surface area contributed by atoms with Crippen molar-refractivity contribution in [2.45, 2.75) is 38.7 Å². The molecule has 2 rings (SSSR count). The summed E-state index contributed by atoms with van der Waals surface area (Å²) in [5, 5.41) is 11.0. The summed E-state index contributed by atoms with van der Waals surface area (Å²) in [6.45, 7) is -0.505. The average molecular weight is 319 g/mol. The highest BCUT2D eigenvalue weighted by Gasteiger charge is 2.47. The molecule has 1 aromatic carbocycles. The summed E-state index contributed by atoms with van der Waals surface area (Å²) in [6.07, 6.45) is 4.35. The average Bonchev–Trinajstić information content (AvgIpc) is 2.59. The van der Waals surface area contributed by atoms with Crippen molar-refractivity contribution in [1.82, 2.24) is 0 Å². The van der Waals surface area contributed by atoms with Crippen LogP contribution in [0.3, 0.4) is 0 Å². The maximum Gasteiger partial charge on any atom is 0.316 e. The summed E-state index contributed by atoms with van der Waals surface area (Å²) in [6, 6.07) is 9.12. The SMILES string of the molecule is O=CC1([C@@H](C[N+](=O)[O-])C(=O)OCc2ccccc2)CCCCC1. The Labute approximate surface area is 135 Å². The second-order valence-electron chi connectivity index (χ2n) is 6.07. The fourth-order valence-corrected chi connectivity index (χ4v) is 3.23. The van der Waals surface area contributed by atoms with Gasteiger partial charge in [-0.25, -0.2) is 0 Å². The molecule has 0 N–H and O–H groups in total. The largest absolute Gasteiger partial charge is 0.460 e. The summed E-state index contributed by atoms with van der Waals surface area (Å²) >= 11 is 0. The van der Waals surface area contributed by atoms with E-state index in [1.54, 1.807) is 0 Å². The van der Waals surface area contributed by atoms with Crippen LogP contribution in [0.2, 0.25) is 0 Å². The monoisotopic (exact) mass is 319 g/mol. The van der Waals surface area contributed by atoms with E-state index in [0.717, 1.165) is 31.1 Å². The lowest BCUT2D eigenvalue weighted by Crippen LogP contribution is -2.43. The lowest BCUT2D eigenvalue weighted by Gasteiger charge is -2.35. The van der Waals surface area contributed by atoms with Crippen molar-refractivity contribution in [3.63, 3.8) is 0 Å². The minimum absolute atomic E-state index is 0.0584. The summed E-state index contributed by atoms with van der Waals surface area (Å²) in [5.74, 6) is -1.67. The molecule has 6 heteroatoms. The van der Waals surface area contributed by atoms with Gasteiger partial charge in [-0.1, -0.05) is 49.6 Å². The van der Waals surface area contributed by atoms with Gasteiger partial charge in [-0.3, -0.25) is 14.9 Å². The third kappa shape index (κ3) is 4.37. The molecule has 1 fully saturated rings. The standard InChI is InChI=1S/C17H21NO5/c19-13-17(9-5-2-6-10-17)15(11-18(21)22)16(20)23-12-14-7-3-1-4-8-14/h1,3-4,7-8,13,15H,2,5-6,9-12H2/t15-/m0/s1. The molecule has 0 amide bonds. The second kappa shape index (κ2) is 7.85. The summed E-state index contributed by atoms with van der Waals surface area (Å²) in [5.41, 5.74) is -0.150. The van der Waals surface area contributed by atoms with Gasteiger partial charge in [0, 0.05) is 10.3 Å². The normalized spacial score (nSPS) is 17.9. The van der Waals surface area contributed by atoms with Crippen LogP contribution in [-0.4, -0.2) is 23.7 Å². The number of aldehydes is 1. The van der Waals surface area contributed by atoms with Crippen LogP contribution in [0, 0.1) is 21.4 Å². The Hall–Kier alpha value is -2.24. The van der Waals surface area contributed by atoms with E-state index in [4.69, 9.17) is 4.74 Å². The summed E-state index contributed by atoms with van der Waals surface area (Å²) in [4.78, 5) is 34.5. The molecule has 124 valence electrons. The van der Waals surface area contributed by atoms with E-state index in [2.05, 4.69) is 0 Å². The van der Waals surface area contributed by atoms with Gasteiger partial charge in [0.15, 0.2) is 0 Å². The summed E-state index contributed by atoms with van der Waals surface area (Å²) in [7, 11) is 0. The van der Waals surface area contributed by atoms with Crippen molar-refractivity contribution in [2.24, 2.45) is 11.3 Å². The predicted molar refractivity (Wildman–Crippen MR) is 83.2 cm³/mol. The van der Waals surface area contributed by atoms with Crippen molar-refractivity contribution < 1.29 is 19.2 Å². The molecule has 6 nitrogen and oxygen atoms in total. The second-order valence-corrected chi connectivity index (χ2v) is 6.07. The lowest BCUT2D eigenvalue weighted by molar-refractivity contribution is -0.489. The first-order valence-corrected chi connectivity index (χ1v) is 7.86. The molecule has 1 aromatic rings. The van der Waals surface area contributed by atoms with E-state index < -0.39 is 28.8 Å². The van der Waals surface area contributed by atoms with Crippen LogP contribution < -0.4 is 0 Å². The van der Waals surface area contributed by atoms with Crippen LogP contribution in [0.25, 0.3) is 0 Å². The number of ether oxygens (including phenoxy) is 1. The third-order valence-corrected chi connectivity index (χ3v) is 4.55. The van der Waals surface area contributed by atoms with E-state index in [-0.39, 0.29) is 6.61 Å². The molecule has 1 atom stereocenters. The molecule has 1 aliphatic carbocycles. The Kier molecular flexibility index (Phi) is 5.84. The Bertz CT molecular complexity index is 551. The molecule has 0 aromatic heterocycles. The Morgan fingerprint density at radius 1 is 1.26 bits per heavy atom. The molecule has 0 unspecified atom stereocenters. The highest BCUT2D eigenvalue weighted by molar-refractivity contribution is 5.79. The molecular weight excluding hydrogens is 298 g/mol. The highest BCUT2D eigenvalue weighted by Crippen LogP contribution is 2.41. The number of nitrogens with zero attached hydrogens (tertiary/aromatic N) is 1. The fourth-order valence-electron chi connectivity index (χ4n) is 3.23. The number of esters is 1. The number of hydrogen-bond donors (Lipinski definition) is 0. The summed E-state index contributed by atoms with van der Waals surface area (Å²) < 4.78 is 5.27. The molecule has 0 radical (unpaired) electrons. The van der Waals surface area contributed by atoms with E-state index in [1.807, 2.05) is 30.3 Å². The van der Waals surface area contributed by atoms with Crippen LogP contribution >= 0.6 is 0 Å². The zero-order chi connectivity index (χ0) is 16.7. The first-order valence-electron chi connectivity index (χ1n) is 7.86. The zero-order valence-electron chi connectivity index (χ0n) is 13.0. The zero-order valence-corrected chi connectivity index (χ0v) is 13.0. The molecule has 0 aliphatic heterocycles. The van der Waals surface area contributed by atoms with Gasteiger partial charge in [0.05, 0.1) is 0 Å². The minimum Gasteiger partial charge on any atom is -0.460 e. The molecule has 0 heterocycles. The van der Waals surface area contributed by atoms with Gasteiger partial charge in [0.25, 0.3) is 0 Å². The molecule has 0 bridgehead atoms. The highest BCUT2D eigenvalue weighted by atomic mass is 16.6. The topological polar surface area (TPSA) is 86.5 Å². The molecule has 1 saturated carbocycles. The van der Waals surface area contributed by atoms with Gasteiger partial charge in [0.1, 0.15) is 18.8 Å². The van der Waals surface area contributed by atoms with Crippen LogP contribution in [0.15, 0.2) is 30.3 Å². The Morgan fingerprint density at radius 2 is 1.91 bits per heavy atom. The van der Waals surface area contributed by atoms with Crippen LogP contribution in [0.4, 0.5) is 0 Å². The number of benzene rings is 1. The van der Waals surface area contributed by atoms with Crippen LogP contribution in [0.5, 0.6) is 0 Å². The van der Waals surface area contributed by atoms with Crippen molar-refractivity contribution in [3.8, 4) is 0 Å². The van der Waals surface area contributed by atoms with Crippen LogP contribution in [-0.2, 0) is 20.9 Å². The Morgan fingerprint density at radius 3 is 2.48 bits per heavy atom. The number of carbonyl (C=O) groups excluding carboxylic acids is 2. The van der Waals surface area contributed by atoms with Crippen molar-refractivity contribution in [3.05, 3.63) is 46.0 Å². The minimum atomic E-state index is -1.01. The lowest BCUT2D eigenvalue weighted by atomic mass is 9.66. The van der Waals surface area contributed by atoms with Gasteiger partial charge in [0.2, 0.25) is 6.54 Å². The van der Waals surface area contributed by atoms with Crippen molar-refractivity contribution in [1.29, 1.82) is 0 Å². The quantitative estimate of drug-likeness (QED) is 0.334. The van der Waals surface area contributed by atoms with Gasteiger partial charge >= 0.3 is 5.97 Å². The van der Waals surface area contributed by atoms with Gasteiger partial charge in [-0.15, -0.1) is 0 Å². The van der Waals surface area contributed by atoms with Crippen molar-refractivity contribution >= 4 is 12.3 Å². The number of nitro groups is 1. The molecule has 0 spiro atoms. The maximum absolute atomic E-state index is 12.4. The first kappa shape index (κ1) is 17.1. The van der Waals surface area contributed by atoms with E-state index >= 15 is 0 Å². The number of rotatable bonds is 7. The van der Waals surface area contributed by atoms with Crippen LogP contribution in [0.1, 0.15) is 37.7 Å². The molecular formula is C17H21NO5. The van der Waals surface area contributed by atoms with E-state index in [9.17, 15) is 19.7 Å². The Balaban J connectivity index is 2.11. The predicted octanol–water partition coefficient (Wildman–Crippen LogP) is 2.77. The first-order chi connectivity index (χ1) is 11.1. The molecule has 0 saturated heterocycles. The number of hydrogen-bond acceptors (Lipinski definition) is 5. The van der Waals surface area contributed by atoms with Gasteiger partial charge in [-0.2, -0.15) is 0 Å². The van der Waals surface area contributed by atoms with Gasteiger partial charge < -0.3 is 9.53 Å². The fraction of sp³-hybridized carbons (Fsp3) is 0.529. The molecule has 1 aliphatic rings. The van der Waals surface area contributed by atoms with E-state index in [0.29, 0.717) is 12.8 Å². The van der Waals surface area contributed by atoms with Crippen molar-refractivity contribution in [2.75, 3.05) is 6.54 Å². The number of carbonyl (C=O) groups is 2. The molecule has 23 heavy (non-hydrogen) atoms. The van der Waals surface area contributed by atoms with Gasteiger partial charge in [-0.05, 0) is 18.4 Å². The van der Waals surface area contributed by atoms with E-state index in [1.165, 1.54) is 0 Å². The third-order valence-electron chi connectivity index (χ3n) is 4.55. The maximum atomic E-state index is 12.4. The smallest absolute Gasteiger partial charge is 0.316 e.